The molecule has 1 amide bonds. The summed E-state index contributed by atoms with van der Waals surface area (Å²) in [7, 11) is -3.60. The van der Waals surface area contributed by atoms with Crippen molar-refractivity contribution in [1.29, 1.82) is 0 Å². The second-order valence-corrected chi connectivity index (χ2v) is 7.49. The van der Waals surface area contributed by atoms with E-state index in [-0.39, 0.29) is 17.3 Å². The first kappa shape index (κ1) is 18.4. The zero-order valence-electron chi connectivity index (χ0n) is 13.5. The molecule has 0 aliphatic heterocycles. The van der Waals surface area contributed by atoms with E-state index in [1.54, 1.807) is 38.1 Å². The molecule has 2 aromatic rings. The molecule has 0 unspecified atom stereocenters. The van der Waals surface area contributed by atoms with Crippen LogP contribution in [0.2, 0.25) is 5.02 Å². The van der Waals surface area contributed by atoms with Gasteiger partial charge in [0.1, 0.15) is 0 Å². The van der Waals surface area contributed by atoms with E-state index in [0.29, 0.717) is 22.7 Å². The lowest BCUT2D eigenvalue weighted by molar-refractivity contribution is 0.0950. The minimum atomic E-state index is -3.60. The number of aryl methyl sites for hydroxylation is 1. The van der Waals surface area contributed by atoms with Crippen molar-refractivity contribution in [2.45, 2.75) is 25.3 Å². The third kappa shape index (κ3) is 4.56. The van der Waals surface area contributed by atoms with Crippen molar-refractivity contribution in [3.63, 3.8) is 0 Å². The number of sulfonamides is 1. The number of benzene rings is 2. The van der Waals surface area contributed by atoms with Gasteiger partial charge in [-0.05, 0) is 42.3 Å². The van der Waals surface area contributed by atoms with Gasteiger partial charge in [-0.25, -0.2) is 13.1 Å². The number of carbonyl (C=O) groups excluding carboxylic acids is 1. The van der Waals surface area contributed by atoms with Crippen LogP contribution in [0, 0.1) is 6.92 Å². The molecule has 2 N–H and O–H groups in total. The average molecular weight is 367 g/mol. The molecule has 0 fully saturated rings. The van der Waals surface area contributed by atoms with Crippen LogP contribution >= 0.6 is 11.6 Å². The molecule has 5 nitrogen and oxygen atoms in total. The number of hydrogen-bond acceptors (Lipinski definition) is 3. The Morgan fingerprint density at radius 1 is 1.17 bits per heavy atom. The van der Waals surface area contributed by atoms with Gasteiger partial charge in [0.2, 0.25) is 10.0 Å². The molecule has 0 saturated heterocycles. The molecule has 0 aliphatic carbocycles. The summed E-state index contributed by atoms with van der Waals surface area (Å²) in [4.78, 5) is 12.5. The van der Waals surface area contributed by atoms with Crippen LogP contribution in [0.1, 0.15) is 28.4 Å². The predicted octanol–water partition coefficient (Wildman–Crippen LogP) is 2.88. The van der Waals surface area contributed by atoms with Crippen molar-refractivity contribution < 1.29 is 13.2 Å². The highest BCUT2D eigenvalue weighted by Crippen LogP contribution is 2.16. The fourth-order valence-corrected chi connectivity index (χ4v) is 3.49. The van der Waals surface area contributed by atoms with Crippen LogP contribution in [0.3, 0.4) is 0 Å². The molecule has 0 spiro atoms. The van der Waals surface area contributed by atoms with Gasteiger partial charge in [-0.3, -0.25) is 4.79 Å². The fourth-order valence-electron chi connectivity index (χ4n) is 2.21. The molecule has 7 heteroatoms. The molecule has 0 heterocycles. The van der Waals surface area contributed by atoms with E-state index >= 15 is 0 Å². The molecule has 0 saturated carbocycles. The molecular weight excluding hydrogens is 348 g/mol. The molecule has 0 aromatic heterocycles. The SMILES string of the molecule is CCNS(=O)(=O)c1ccc(C)c(C(=O)NCc2cccc(Cl)c2)c1. The topological polar surface area (TPSA) is 75.3 Å². The third-order valence-electron chi connectivity index (χ3n) is 3.44. The lowest BCUT2D eigenvalue weighted by Gasteiger charge is -2.11. The number of amides is 1. The zero-order valence-corrected chi connectivity index (χ0v) is 15.0. The molecule has 2 rings (SSSR count). The summed E-state index contributed by atoms with van der Waals surface area (Å²) >= 11 is 5.92. The van der Waals surface area contributed by atoms with Crippen molar-refractivity contribution >= 4 is 27.5 Å². The Bertz CT molecular complexity index is 851. The van der Waals surface area contributed by atoms with E-state index in [2.05, 4.69) is 10.0 Å². The smallest absolute Gasteiger partial charge is 0.251 e. The van der Waals surface area contributed by atoms with Gasteiger partial charge in [0, 0.05) is 23.7 Å². The standard InChI is InChI=1S/C17H19ClN2O3S/c1-3-20-24(22,23)15-8-7-12(2)16(10-15)17(21)19-11-13-5-4-6-14(18)9-13/h4-10,20H,3,11H2,1-2H3,(H,19,21). The first-order valence-electron chi connectivity index (χ1n) is 7.46. The van der Waals surface area contributed by atoms with Crippen molar-refractivity contribution in [3.05, 3.63) is 64.2 Å². The number of carbonyl (C=O) groups is 1. The summed E-state index contributed by atoms with van der Waals surface area (Å²) in [5.74, 6) is -0.332. The summed E-state index contributed by atoms with van der Waals surface area (Å²) in [6.45, 7) is 4.05. The number of hydrogen-bond donors (Lipinski definition) is 2. The van der Waals surface area contributed by atoms with Crippen molar-refractivity contribution in [3.8, 4) is 0 Å². The lowest BCUT2D eigenvalue weighted by Crippen LogP contribution is -2.26. The quantitative estimate of drug-likeness (QED) is 0.825. The van der Waals surface area contributed by atoms with Gasteiger partial charge in [0.25, 0.3) is 5.91 Å². The van der Waals surface area contributed by atoms with Gasteiger partial charge in [0.15, 0.2) is 0 Å². The van der Waals surface area contributed by atoms with Crippen LogP contribution in [0.4, 0.5) is 0 Å². The number of halogens is 1. The summed E-state index contributed by atoms with van der Waals surface area (Å²) in [5, 5.41) is 3.38. The van der Waals surface area contributed by atoms with E-state index in [1.165, 1.54) is 12.1 Å². The highest BCUT2D eigenvalue weighted by atomic mass is 35.5. The summed E-state index contributed by atoms with van der Waals surface area (Å²) < 4.78 is 26.6. The van der Waals surface area contributed by atoms with Gasteiger partial charge in [-0.15, -0.1) is 0 Å². The van der Waals surface area contributed by atoms with Gasteiger partial charge in [-0.2, -0.15) is 0 Å². The molecule has 2 aromatic carbocycles. The molecule has 0 atom stereocenters. The number of nitrogens with one attached hydrogen (secondary N) is 2. The summed E-state index contributed by atoms with van der Waals surface area (Å²) in [6.07, 6.45) is 0. The van der Waals surface area contributed by atoms with Crippen LogP contribution in [-0.4, -0.2) is 20.9 Å². The highest BCUT2D eigenvalue weighted by molar-refractivity contribution is 7.89. The average Bonchev–Trinajstić information content (AvgIpc) is 2.53. The van der Waals surface area contributed by atoms with Crippen LogP contribution in [0.5, 0.6) is 0 Å². The Kier molecular flexibility index (Phi) is 5.99. The van der Waals surface area contributed by atoms with Crippen LogP contribution in [-0.2, 0) is 16.6 Å². The molecule has 24 heavy (non-hydrogen) atoms. The maximum Gasteiger partial charge on any atom is 0.251 e. The van der Waals surface area contributed by atoms with Gasteiger partial charge in [-0.1, -0.05) is 36.7 Å². The largest absolute Gasteiger partial charge is 0.348 e. The third-order valence-corrected chi connectivity index (χ3v) is 5.22. The van der Waals surface area contributed by atoms with E-state index < -0.39 is 10.0 Å². The summed E-state index contributed by atoms with van der Waals surface area (Å²) in [6, 6.07) is 11.7. The normalized spacial score (nSPS) is 11.3. The molecule has 0 radical (unpaired) electrons. The maximum atomic E-state index is 12.4. The second kappa shape index (κ2) is 7.79. The van der Waals surface area contributed by atoms with Crippen LogP contribution in [0.25, 0.3) is 0 Å². The molecule has 0 bridgehead atoms. The minimum Gasteiger partial charge on any atom is -0.348 e. The Balaban J connectivity index is 2.20. The Labute approximate surface area is 147 Å². The Morgan fingerprint density at radius 3 is 2.58 bits per heavy atom. The highest BCUT2D eigenvalue weighted by Gasteiger charge is 2.17. The first-order valence-corrected chi connectivity index (χ1v) is 9.32. The van der Waals surface area contributed by atoms with Crippen LogP contribution < -0.4 is 10.0 Å². The van der Waals surface area contributed by atoms with E-state index in [4.69, 9.17) is 11.6 Å². The lowest BCUT2D eigenvalue weighted by atomic mass is 10.1. The first-order chi connectivity index (χ1) is 11.3. The monoisotopic (exact) mass is 366 g/mol. The van der Waals surface area contributed by atoms with E-state index in [0.717, 1.165) is 5.56 Å². The molecule has 128 valence electrons. The number of rotatable bonds is 6. The zero-order chi connectivity index (χ0) is 17.7. The van der Waals surface area contributed by atoms with Crippen molar-refractivity contribution in [2.24, 2.45) is 0 Å². The second-order valence-electron chi connectivity index (χ2n) is 5.29. The molecule has 0 aliphatic rings. The van der Waals surface area contributed by atoms with Gasteiger partial charge < -0.3 is 5.32 Å². The maximum absolute atomic E-state index is 12.4. The summed E-state index contributed by atoms with van der Waals surface area (Å²) in [5.41, 5.74) is 1.90. The predicted molar refractivity (Wildman–Crippen MR) is 94.7 cm³/mol. The van der Waals surface area contributed by atoms with E-state index in [1.807, 2.05) is 6.07 Å². The van der Waals surface area contributed by atoms with Crippen LogP contribution in [0.15, 0.2) is 47.4 Å². The van der Waals surface area contributed by atoms with Crippen molar-refractivity contribution in [1.82, 2.24) is 10.0 Å². The van der Waals surface area contributed by atoms with Gasteiger partial charge in [0.05, 0.1) is 4.90 Å². The fraction of sp³-hybridized carbons (Fsp3) is 0.235. The Hall–Kier alpha value is -1.89. The molecular formula is C17H19ClN2O3S. The van der Waals surface area contributed by atoms with E-state index in [9.17, 15) is 13.2 Å². The van der Waals surface area contributed by atoms with Gasteiger partial charge >= 0.3 is 0 Å². The minimum absolute atomic E-state index is 0.0721. The Morgan fingerprint density at radius 2 is 1.92 bits per heavy atom. The van der Waals surface area contributed by atoms with Crippen molar-refractivity contribution in [2.75, 3.05) is 6.54 Å².